The maximum Gasteiger partial charge on any atom is 0.335 e. The van der Waals surface area contributed by atoms with Gasteiger partial charge in [0.2, 0.25) is 0 Å². The van der Waals surface area contributed by atoms with E-state index in [4.69, 9.17) is 5.11 Å². The first-order chi connectivity index (χ1) is 9.15. The number of aromatic carboxylic acids is 1. The number of fused-ring (bicyclic) bond motifs is 1. The molecule has 4 nitrogen and oxygen atoms in total. The Morgan fingerprint density at radius 1 is 1.42 bits per heavy atom. The van der Waals surface area contributed by atoms with Gasteiger partial charge >= 0.3 is 5.97 Å². The van der Waals surface area contributed by atoms with Gasteiger partial charge in [0.05, 0.1) is 29.5 Å². The van der Waals surface area contributed by atoms with Gasteiger partial charge < -0.3 is 9.67 Å². The van der Waals surface area contributed by atoms with Crippen LogP contribution in [0, 0.1) is 6.92 Å². The molecular weight excluding hydrogens is 260 g/mol. The Labute approximate surface area is 113 Å². The Morgan fingerprint density at radius 3 is 2.95 bits per heavy atom. The molecule has 0 saturated heterocycles. The molecule has 2 heterocycles. The van der Waals surface area contributed by atoms with E-state index in [2.05, 4.69) is 22.7 Å². The number of carboxylic acid groups (broad SMARTS) is 1. The molecule has 96 valence electrons. The second-order valence-corrected chi connectivity index (χ2v) is 5.20. The van der Waals surface area contributed by atoms with Gasteiger partial charge in [0, 0.05) is 0 Å². The second-order valence-electron chi connectivity index (χ2n) is 4.46. The van der Waals surface area contributed by atoms with Crippen LogP contribution in [0.2, 0.25) is 0 Å². The van der Waals surface area contributed by atoms with Crippen molar-refractivity contribution in [3.05, 3.63) is 52.0 Å². The van der Waals surface area contributed by atoms with Gasteiger partial charge in [0.15, 0.2) is 0 Å². The summed E-state index contributed by atoms with van der Waals surface area (Å²) in [6, 6.07) is 5.00. The molecule has 2 aromatic heterocycles. The van der Waals surface area contributed by atoms with Crippen LogP contribution < -0.4 is 0 Å². The van der Waals surface area contributed by atoms with Gasteiger partial charge in [-0.25, -0.2) is 9.78 Å². The fourth-order valence-electron chi connectivity index (χ4n) is 2.05. The topological polar surface area (TPSA) is 55.1 Å². The number of carbonyl (C=O) groups is 1. The molecule has 0 aliphatic rings. The maximum absolute atomic E-state index is 11.0. The van der Waals surface area contributed by atoms with Gasteiger partial charge in [-0.2, -0.15) is 11.3 Å². The van der Waals surface area contributed by atoms with Gasteiger partial charge in [0.1, 0.15) is 0 Å². The molecule has 1 aromatic carbocycles. The third-order valence-corrected chi connectivity index (χ3v) is 4.08. The van der Waals surface area contributed by atoms with Crippen molar-refractivity contribution in [2.24, 2.45) is 0 Å². The average molecular weight is 272 g/mol. The summed E-state index contributed by atoms with van der Waals surface area (Å²) in [7, 11) is 0. The summed E-state index contributed by atoms with van der Waals surface area (Å²) in [5.41, 5.74) is 4.45. The lowest BCUT2D eigenvalue weighted by Crippen LogP contribution is -2.00. The first kappa shape index (κ1) is 11.9. The molecule has 3 aromatic rings. The van der Waals surface area contributed by atoms with Crippen molar-refractivity contribution in [1.29, 1.82) is 0 Å². The molecule has 3 rings (SSSR count). The van der Waals surface area contributed by atoms with Gasteiger partial charge in [-0.3, -0.25) is 0 Å². The number of nitrogens with zero attached hydrogens (tertiary/aromatic N) is 2. The summed E-state index contributed by atoms with van der Waals surface area (Å²) in [5, 5.41) is 13.3. The van der Waals surface area contributed by atoms with E-state index in [1.54, 1.807) is 35.9 Å². The van der Waals surface area contributed by atoms with Crippen LogP contribution in [0.4, 0.5) is 0 Å². The Bertz CT molecular complexity index is 758. The van der Waals surface area contributed by atoms with Gasteiger partial charge in [-0.1, -0.05) is 0 Å². The van der Waals surface area contributed by atoms with Gasteiger partial charge in [-0.15, -0.1) is 0 Å². The summed E-state index contributed by atoms with van der Waals surface area (Å²) in [5.74, 6) is -0.915. The molecule has 19 heavy (non-hydrogen) atoms. The smallest absolute Gasteiger partial charge is 0.335 e. The minimum atomic E-state index is -0.915. The van der Waals surface area contributed by atoms with Crippen molar-refractivity contribution in [3.8, 4) is 0 Å². The monoisotopic (exact) mass is 272 g/mol. The summed E-state index contributed by atoms with van der Waals surface area (Å²) < 4.78 is 1.98. The highest BCUT2D eigenvalue weighted by molar-refractivity contribution is 7.08. The molecule has 0 aliphatic heterocycles. The standard InChI is InChI=1S/C14H12N2O2S/c1-9-6-19-7-11(9)5-16-8-15-12-3-2-10(14(17)18)4-13(12)16/h2-4,6-8H,5H2,1H3,(H,17,18). The highest BCUT2D eigenvalue weighted by atomic mass is 32.1. The fraction of sp³-hybridized carbons (Fsp3) is 0.143. The summed E-state index contributed by atoms with van der Waals surface area (Å²) in [4.78, 5) is 15.3. The van der Waals surface area contributed by atoms with Crippen LogP contribution in [-0.4, -0.2) is 20.6 Å². The molecule has 0 bridgehead atoms. The predicted octanol–water partition coefficient (Wildman–Crippen LogP) is 3.15. The van der Waals surface area contributed by atoms with Crippen LogP contribution in [0.15, 0.2) is 35.3 Å². The number of imidazole rings is 1. The number of rotatable bonds is 3. The second kappa shape index (κ2) is 4.51. The molecule has 0 aliphatic carbocycles. The number of thiophene rings is 1. The molecule has 1 N–H and O–H groups in total. The first-order valence-electron chi connectivity index (χ1n) is 5.85. The SMILES string of the molecule is Cc1cscc1Cn1cnc2ccc(C(=O)O)cc21. The third-order valence-electron chi connectivity index (χ3n) is 3.17. The zero-order valence-corrected chi connectivity index (χ0v) is 11.1. The van der Waals surface area contributed by atoms with Crippen molar-refractivity contribution in [1.82, 2.24) is 9.55 Å². The van der Waals surface area contributed by atoms with Crippen LogP contribution in [0.25, 0.3) is 11.0 Å². The largest absolute Gasteiger partial charge is 0.478 e. The van der Waals surface area contributed by atoms with Crippen LogP contribution in [0.1, 0.15) is 21.5 Å². The predicted molar refractivity (Wildman–Crippen MR) is 74.9 cm³/mol. The van der Waals surface area contributed by atoms with E-state index >= 15 is 0 Å². The van der Waals surface area contributed by atoms with Crippen molar-refractivity contribution in [2.45, 2.75) is 13.5 Å². The normalized spacial score (nSPS) is 11.0. The van der Waals surface area contributed by atoms with E-state index in [0.717, 1.165) is 17.6 Å². The molecular formula is C14H12N2O2S. The van der Waals surface area contributed by atoms with E-state index in [1.807, 2.05) is 4.57 Å². The Balaban J connectivity index is 2.06. The summed E-state index contributed by atoms with van der Waals surface area (Å²) in [6.45, 7) is 2.79. The van der Waals surface area contributed by atoms with Gasteiger partial charge in [0.25, 0.3) is 0 Å². The number of aryl methyl sites for hydroxylation is 1. The number of aromatic nitrogens is 2. The maximum atomic E-state index is 11.0. The van der Waals surface area contributed by atoms with E-state index in [0.29, 0.717) is 0 Å². The highest BCUT2D eigenvalue weighted by Crippen LogP contribution is 2.20. The van der Waals surface area contributed by atoms with E-state index in [9.17, 15) is 4.79 Å². The van der Waals surface area contributed by atoms with Crippen LogP contribution in [0.3, 0.4) is 0 Å². The molecule has 0 atom stereocenters. The van der Waals surface area contributed by atoms with E-state index in [-0.39, 0.29) is 5.56 Å². The zero-order chi connectivity index (χ0) is 13.4. The molecule has 0 radical (unpaired) electrons. The van der Waals surface area contributed by atoms with Crippen molar-refractivity contribution in [2.75, 3.05) is 0 Å². The molecule has 5 heteroatoms. The Hall–Kier alpha value is -2.14. The lowest BCUT2D eigenvalue weighted by atomic mass is 10.2. The number of hydrogen-bond acceptors (Lipinski definition) is 3. The molecule has 0 saturated carbocycles. The fourth-order valence-corrected chi connectivity index (χ4v) is 2.90. The van der Waals surface area contributed by atoms with Crippen molar-refractivity contribution < 1.29 is 9.90 Å². The molecule has 0 spiro atoms. The third kappa shape index (κ3) is 2.13. The first-order valence-corrected chi connectivity index (χ1v) is 6.79. The van der Waals surface area contributed by atoms with Gasteiger partial charge in [-0.05, 0) is 47.0 Å². The number of carboxylic acids is 1. The Kier molecular flexibility index (Phi) is 2.83. The minimum absolute atomic E-state index is 0.288. The summed E-state index contributed by atoms with van der Waals surface area (Å²) in [6.07, 6.45) is 1.76. The summed E-state index contributed by atoms with van der Waals surface area (Å²) >= 11 is 1.67. The van der Waals surface area contributed by atoms with Crippen LogP contribution >= 0.6 is 11.3 Å². The number of hydrogen-bond donors (Lipinski definition) is 1. The molecule has 0 unspecified atom stereocenters. The van der Waals surface area contributed by atoms with Crippen LogP contribution in [0.5, 0.6) is 0 Å². The van der Waals surface area contributed by atoms with Crippen molar-refractivity contribution in [3.63, 3.8) is 0 Å². The van der Waals surface area contributed by atoms with E-state index < -0.39 is 5.97 Å². The zero-order valence-electron chi connectivity index (χ0n) is 10.3. The quantitative estimate of drug-likeness (QED) is 0.796. The lowest BCUT2D eigenvalue weighted by Gasteiger charge is -2.04. The average Bonchev–Trinajstić information content (AvgIpc) is 2.97. The highest BCUT2D eigenvalue weighted by Gasteiger charge is 2.09. The Morgan fingerprint density at radius 2 is 2.26 bits per heavy atom. The van der Waals surface area contributed by atoms with Crippen molar-refractivity contribution >= 4 is 28.3 Å². The molecule has 0 amide bonds. The lowest BCUT2D eigenvalue weighted by molar-refractivity contribution is 0.0697. The van der Waals surface area contributed by atoms with E-state index in [1.165, 1.54) is 11.1 Å². The minimum Gasteiger partial charge on any atom is -0.478 e. The number of benzene rings is 1. The van der Waals surface area contributed by atoms with Crippen LogP contribution in [-0.2, 0) is 6.54 Å². The molecule has 0 fully saturated rings.